The summed E-state index contributed by atoms with van der Waals surface area (Å²) in [5.41, 5.74) is 2.61. The van der Waals surface area contributed by atoms with Crippen molar-refractivity contribution in [3.8, 4) is 0 Å². The van der Waals surface area contributed by atoms with E-state index in [2.05, 4.69) is 35.1 Å². The van der Waals surface area contributed by atoms with Gasteiger partial charge in [-0.15, -0.1) is 0 Å². The molecule has 3 rings (SSSR count). The lowest BCUT2D eigenvalue weighted by molar-refractivity contribution is 0.257. The van der Waals surface area contributed by atoms with Crippen LogP contribution in [0.4, 0.5) is 0 Å². The van der Waals surface area contributed by atoms with E-state index in [4.69, 9.17) is 5.41 Å². The Bertz CT molecular complexity index is 445. The van der Waals surface area contributed by atoms with E-state index in [0.717, 1.165) is 38.2 Å². The summed E-state index contributed by atoms with van der Waals surface area (Å²) < 4.78 is 0. The average Bonchev–Trinajstić information content (AvgIpc) is 2.96. The van der Waals surface area contributed by atoms with Gasteiger partial charge in [-0.3, -0.25) is 10.4 Å². The van der Waals surface area contributed by atoms with Crippen molar-refractivity contribution in [1.29, 1.82) is 5.41 Å². The summed E-state index contributed by atoms with van der Waals surface area (Å²) in [5.74, 6) is 1.26. The standard InChI is InChI=1S/C16H26N4/c1-3-14(13-5-4-9-19-13)20-15-8-10-18-11(2)12(15)6-7-16(20)17/h8,12-14,17,19H,3-7,9-10H2,1-2H3. The summed E-state index contributed by atoms with van der Waals surface area (Å²) in [6, 6.07) is 0.976. The van der Waals surface area contributed by atoms with Crippen LogP contribution in [0.5, 0.6) is 0 Å². The molecule has 0 bridgehead atoms. The second-order valence-electron chi connectivity index (χ2n) is 6.20. The Morgan fingerprint density at radius 1 is 1.50 bits per heavy atom. The van der Waals surface area contributed by atoms with Crippen molar-refractivity contribution in [1.82, 2.24) is 10.2 Å². The minimum absolute atomic E-state index is 0.435. The lowest BCUT2D eigenvalue weighted by Crippen LogP contribution is -2.53. The maximum absolute atomic E-state index is 8.45. The van der Waals surface area contributed by atoms with Crippen LogP contribution in [0.25, 0.3) is 0 Å². The zero-order chi connectivity index (χ0) is 14.1. The minimum atomic E-state index is 0.435. The number of aliphatic imine (C=N–C) groups is 1. The third kappa shape index (κ3) is 2.30. The summed E-state index contributed by atoms with van der Waals surface area (Å²) in [7, 11) is 0. The molecule has 0 aromatic carbocycles. The van der Waals surface area contributed by atoms with Crippen LogP contribution in [-0.2, 0) is 0 Å². The number of dihydropyridines is 1. The number of nitrogens with one attached hydrogen (secondary N) is 2. The highest BCUT2D eigenvalue weighted by Gasteiger charge is 2.38. The van der Waals surface area contributed by atoms with Crippen molar-refractivity contribution in [2.75, 3.05) is 13.1 Å². The Morgan fingerprint density at radius 3 is 3.05 bits per heavy atom. The van der Waals surface area contributed by atoms with E-state index in [1.54, 1.807) is 0 Å². The summed E-state index contributed by atoms with van der Waals surface area (Å²) >= 11 is 0. The molecular weight excluding hydrogens is 248 g/mol. The normalized spacial score (nSPS) is 31.7. The Kier molecular flexibility index (Phi) is 3.92. The van der Waals surface area contributed by atoms with E-state index in [-0.39, 0.29) is 0 Å². The monoisotopic (exact) mass is 274 g/mol. The molecule has 2 saturated heterocycles. The molecule has 3 atom stereocenters. The topological polar surface area (TPSA) is 51.5 Å². The molecule has 0 aromatic rings. The van der Waals surface area contributed by atoms with Crippen LogP contribution in [0.15, 0.2) is 16.8 Å². The summed E-state index contributed by atoms with van der Waals surface area (Å²) in [5, 5.41) is 12.1. The van der Waals surface area contributed by atoms with Crippen LogP contribution in [0, 0.1) is 11.3 Å². The largest absolute Gasteiger partial charge is 0.329 e. The van der Waals surface area contributed by atoms with Gasteiger partial charge in [-0.2, -0.15) is 0 Å². The number of fused-ring (bicyclic) bond motifs is 1. The molecule has 3 aliphatic heterocycles. The molecule has 0 amide bonds. The maximum Gasteiger partial charge on any atom is 0.100 e. The Labute approximate surface area is 121 Å². The van der Waals surface area contributed by atoms with Crippen LogP contribution in [0.2, 0.25) is 0 Å². The van der Waals surface area contributed by atoms with Crippen molar-refractivity contribution < 1.29 is 0 Å². The molecule has 3 unspecified atom stereocenters. The molecule has 0 saturated carbocycles. The van der Waals surface area contributed by atoms with Crippen LogP contribution in [0.1, 0.15) is 46.0 Å². The third-order valence-corrected chi connectivity index (χ3v) is 5.05. The van der Waals surface area contributed by atoms with Gasteiger partial charge in [0.1, 0.15) is 5.84 Å². The van der Waals surface area contributed by atoms with E-state index >= 15 is 0 Å². The van der Waals surface area contributed by atoms with Crippen LogP contribution in [-0.4, -0.2) is 41.6 Å². The molecule has 0 aliphatic carbocycles. The average molecular weight is 274 g/mol. The number of hydrogen-bond donors (Lipinski definition) is 2. The van der Waals surface area contributed by atoms with E-state index in [1.165, 1.54) is 24.3 Å². The van der Waals surface area contributed by atoms with Crippen molar-refractivity contribution in [2.45, 2.75) is 58.0 Å². The quantitative estimate of drug-likeness (QED) is 0.831. The van der Waals surface area contributed by atoms with Gasteiger partial charge in [0.25, 0.3) is 0 Å². The SMILES string of the molecule is CCC(C1CCCN1)N1C(=N)CCC2C1=CCN=C2C. The van der Waals surface area contributed by atoms with Crippen LogP contribution >= 0.6 is 0 Å². The van der Waals surface area contributed by atoms with E-state index < -0.39 is 0 Å². The minimum Gasteiger partial charge on any atom is -0.329 e. The number of piperidine rings is 1. The Balaban J connectivity index is 1.88. The van der Waals surface area contributed by atoms with Gasteiger partial charge in [-0.05, 0) is 45.2 Å². The fraction of sp³-hybridized carbons (Fsp3) is 0.750. The van der Waals surface area contributed by atoms with Gasteiger partial charge >= 0.3 is 0 Å². The number of nitrogens with zero attached hydrogens (tertiary/aromatic N) is 2. The summed E-state index contributed by atoms with van der Waals surface area (Å²) in [6.45, 7) is 6.33. The van der Waals surface area contributed by atoms with Gasteiger partial charge < -0.3 is 10.2 Å². The van der Waals surface area contributed by atoms with Gasteiger partial charge in [0.2, 0.25) is 0 Å². The van der Waals surface area contributed by atoms with Gasteiger partial charge in [0, 0.05) is 29.8 Å². The van der Waals surface area contributed by atoms with E-state index in [0.29, 0.717) is 18.0 Å². The first-order valence-corrected chi connectivity index (χ1v) is 8.03. The Hall–Kier alpha value is -1.16. The molecular formula is C16H26N4. The molecule has 20 heavy (non-hydrogen) atoms. The maximum atomic E-state index is 8.45. The van der Waals surface area contributed by atoms with Crippen LogP contribution in [0.3, 0.4) is 0 Å². The second-order valence-corrected chi connectivity index (χ2v) is 6.20. The van der Waals surface area contributed by atoms with E-state index in [9.17, 15) is 0 Å². The zero-order valence-electron chi connectivity index (χ0n) is 12.7. The van der Waals surface area contributed by atoms with Gasteiger partial charge in [-0.25, -0.2) is 0 Å². The van der Waals surface area contributed by atoms with Gasteiger partial charge in [0.05, 0.1) is 12.6 Å². The fourth-order valence-electron chi connectivity index (χ4n) is 4.01. The first kappa shape index (κ1) is 13.8. The molecule has 3 aliphatic rings. The molecule has 0 radical (unpaired) electrons. The molecule has 3 heterocycles. The van der Waals surface area contributed by atoms with Crippen molar-refractivity contribution in [2.24, 2.45) is 10.9 Å². The molecule has 110 valence electrons. The van der Waals surface area contributed by atoms with Gasteiger partial charge in [-0.1, -0.05) is 6.92 Å². The zero-order valence-corrected chi connectivity index (χ0v) is 12.7. The predicted molar refractivity (Wildman–Crippen MR) is 83.5 cm³/mol. The smallest absolute Gasteiger partial charge is 0.100 e. The summed E-state index contributed by atoms with van der Waals surface area (Å²) in [6.07, 6.45) is 7.81. The lowest BCUT2D eigenvalue weighted by Gasteiger charge is -2.45. The highest BCUT2D eigenvalue weighted by molar-refractivity contribution is 5.92. The first-order chi connectivity index (χ1) is 9.72. The summed E-state index contributed by atoms with van der Waals surface area (Å²) in [4.78, 5) is 6.93. The molecule has 0 spiro atoms. The predicted octanol–water partition coefficient (Wildman–Crippen LogP) is 2.56. The highest BCUT2D eigenvalue weighted by Crippen LogP contribution is 2.35. The van der Waals surface area contributed by atoms with Crippen molar-refractivity contribution in [3.05, 3.63) is 11.8 Å². The number of rotatable bonds is 3. The van der Waals surface area contributed by atoms with Gasteiger partial charge in [0.15, 0.2) is 0 Å². The highest BCUT2D eigenvalue weighted by atomic mass is 15.2. The molecule has 4 nitrogen and oxygen atoms in total. The fourth-order valence-corrected chi connectivity index (χ4v) is 4.01. The molecule has 2 fully saturated rings. The molecule has 4 heteroatoms. The number of amidine groups is 1. The van der Waals surface area contributed by atoms with Crippen LogP contribution < -0.4 is 5.32 Å². The second kappa shape index (κ2) is 5.68. The third-order valence-electron chi connectivity index (χ3n) is 5.05. The van der Waals surface area contributed by atoms with E-state index in [1.807, 2.05) is 0 Å². The first-order valence-electron chi connectivity index (χ1n) is 8.03. The van der Waals surface area contributed by atoms with Crippen molar-refractivity contribution >= 4 is 11.5 Å². The number of allylic oxidation sites excluding steroid dienone is 1. The number of hydrogen-bond acceptors (Lipinski definition) is 3. The lowest BCUT2D eigenvalue weighted by atomic mass is 9.85. The number of likely N-dealkylation sites (tertiary alicyclic amines) is 1. The van der Waals surface area contributed by atoms with Crippen molar-refractivity contribution in [3.63, 3.8) is 0 Å². The molecule has 2 N–H and O–H groups in total. The molecule has 0 aromatic heterocycles. The Morgan fingerprint density at radius 2 is 2.35 bits per heavy atom.